The normalized spacial score (nSPS) is 17.7. The lowest BCUT2D eigenvalue weighted by Gasteiger charge is -2.25. The van der Waals surface area contributed by atoms with Crippen LogP contribution in [0.3, 0.4) is 0 Å². The van der Waals surface area contributed by atoms with Crippen LogP contribution in [0.2, 0.25) is 0 Å². The number of likely N-dealkylation sites (tertiary alicyclic amines) is 2. The second-order valence-electron chi connectivity index (χ2n) is 11.1. The zero-order chi connectivity index (χ0) is 30.3. The first kappa shape index (κ1) is 30.0. The highest BCUT2D eigenvalue weighted by Crippen LogP contribution is 2.24. The van der Waals surface area contributed by atoms with Crippen LogP contribution in [0.15, 0.2) is 57.9 Å². The first-order valence-corrected chi connectivity index (χ1v) is 15.0. The summed E-state index contributed by atoms with van der Waals surface area (Å²) in [5, 5.41) is 4.19. The van der Waals surface area contributed by atoms with E-state index in [2.05, 4.69) is 5.32 Å². The summed E-state index contributed by atoms with van der Waals surface area (Å²) in [5.41, 5.74) is 2.23. The van der Waals surface area contributed by atoms with Crippen LogP contribution in [0.4, 0.5) is 5.69 Å². The predicted octanol–water partition coefficient (Wildman–Crippen LogP) is 5.00. The van der Waals surface area contributed by atoms with Crippen molar-refractivity contribution in [2.24, 2.45) is 4.99 Å². The molecule has 0 saturated carbocycles. The monoisotopic (exact) mass is 586 g/mol. The minimum Gasteiger partial charge on any atom is -0.462 e. The molecule has 1 atom stereocenters. The minimum atomic E-state index is -0.713. The number of ether oxygens (including phenoxy) is 1. The highest BCUT2D eigenvalue weighted by atomic mass is 16.5. The quantitative estimate of drug-likeness (QED) is 0.162. The third-order valence-corrected chi connectivity index (χ3v) is 7.82. The van der Waals surface area contributed by atoms with Gasteiger partial charge < -0.3 is 24.3 Å². The number of amides is 2. The van der Waals surface area contributed by atoms with Gasteiger partial charge in [-0.25, -0.2) is 4.79 Å². The minimum absolute atomic E-state index is 0.0287. The fourth-order valence-electron chi connectivity index (χ4n) is 5.58. The Balaban J connectivity index is 1.38. The molecular weight excluding hydrogens is 548 g/mol. The smallest absolute Gasteiger partial charge is 0.338 e. The third kappa shape index (κ3) is 7.49. The van der Waals surface area contributed by atoms with Crippen LogP contribution >= 0.6 is 0 Å². The molecule has 43 heavy (non-hydrogen) atoms. The molecule has 2 fully saturated rings. The number of Topliss-reactive ketones (excluding diaryl/α,β-unsaturated/α-hetero) is 1. The standard InChI is InChI=1S/C33H38N4O6/c1-3-42-33(41)24-11-9-23(10-12-24)28(38)20-30(34-26-13-14-29-25(19-26)18-22(2)43-29)35-27-8-4-5-17-37(32(27)40)21-31(39)36-15-6-7-16-36/h9-14,18-19,27H,3-8,15-17,20-21H2,1-2H3,(H,34,35)/t27-/m0/s1. The number of hydrogen-bond donors (Lipinski definition) is 1. The van der Waals surface area contributed by atoms with Crippen LogP contribution in [0, 0.1) is 6.92 Å². The average Bonchev–Trinajstić information content (AvgIpc) is 3.63. The largest absolute Gasteiger partial charge is 0.462 e. The van der Waals surface area contributed by atoms with Crippen molar-refractivity contribution < 1.29 is 28.3 Å². The van der Waals surface area contributed by atoms with Crippen molar-refractivity contribution in [3.63, 3.8) is 0 Å². The summed E-state index contributed by atoms with van der Waals surface area (Å²) in [7, 11) is 0. The van der Waals surface area contributed by atoms with E-state index in [1.54, 1.807) is 36.1 Å². The Bertz CT molecular complexity index is 1520. The molecule has 0 aliphatic carbocycles. The van der Waals surface area contributed by atoms with Crippen molar-refractivity contribution in [2.75, 3.05) is 38.1 Å². The molecule has 0 bridgehead atoms. The maximum Gasteiger partial charge on any atom is 0.338 e. The van der Waals surface area contributed by atoms with Crippen LogP contribution in [0.25, 0.3) is 11.0 Å². The van der Waals surface area contributed by atoms with Crippen LogP contribution in [0.5, 0.6) is 0 Å². The van der Waals surface area contributed by atoms with Gasteiger partial charge in [0.1, 0.15) is 23.2 Å². The number of amidine groups is 1. The van der Waals surface area contributed by atoms with Gasteiger partial charge in [0.15, 0.2) is 5.78 Å². The van der Waals surface area contributed by atoms with E-state index in [9.17, 15) is 19.2 Å². The number of furan rings is 1. The molecule has 0 unspecified atom stereocenters. The number of carbonyl (C=O) groups excluding carboxylic acids is 4. The number of aliphatic imine (C=N–C) groups is 1. The fraction of sp³-hybridized carbons (Fsp3) is 0.424. The fourth-order valence-corrected chi connectivity index (χ4v) is 5.58. The number of carbonyl (C=O) groups is 4. The van der Waals surface area contributed by atoms with Crippen molar-refractivity contribution >= 4 is 46.1 Å². The van der Waals surface area contributed by atoms with E-state index in [1.807, 2.05) is 36.1 Å². The molecule has 10 nitrogen and oxygen atoms in total. The molecule has 0 radical (unpaired) electrons. The number of esters is 1. The summed E-state index contributed by atoms with van der Waals surface area (Å²) in [5.74, 6) is 0.245. The van der Waals surface area contributed by atoms with Gasteiger partial charge in [0.25, 0.3) is 0 Å². The van der Waals surface area contributed by atoms with E-state index in [4.69, 9.17) is 14.1 Å². The molecule has 10 heteroatoms. The van der Waals surface area contributed by atoms with Crippen LogP contribution in [0.1, 0.15) is 71.9 Å². The summed E-state index contributed by atoms with van der Waals surface area (Å²) in [6.07, 6.45) is 4.00. The number of anilines is 1. The van der Waals surface area contributed by atoms with Gasteiger partial charge in [-0.2, -0.15) is 0 Å². The summed E-state index contributed by atoms with van der Waals surface area (Å²) in [6, 6.07) is 13.1. The van der Waals surface area contributed by atoms with Gasteiger partial charge >= 0.3 is 5.97 Å². The Labute approximate surface area is 251 Å². The molecule has 2 aliphatic rings. The number of aryl methyl sites for hydroxylation is 1. The Kier molecular flexibility index (Phi) is 9.54. The molecule has 0 spiro atoms. The third-order valence-electron chi connectivity index (χ3n) is 7.82. The summed E-state index contributed by atoms with van der Waals surface area (Å²) in [4.78, 5) is 60.2. The molecule has 226 valence electrons. The van der Waals surface area contributed by atoms with Crippen molar-refractivity contribution in [1.82, 2.24) is 9.80 Å². The molecule has 3 heterocycles. The number of ketones is 1. The number of fused-ring (bicyclic) bond motifs is 1. The number of rotatable bonds is 9. The van der Waals surface area contributed by atoms with Crippen LogP contribution in [-0.2, 0) is 14.3 Å². The Morgan fingerprint density at radius 2 is 1.70 bits per heavy atom. The lowest BCUT2D eigenvalue weighted by atomic mass is 10.0. The Morgan fingerprint density at radius 3 is 2.44 bits per heavy atom. The second kappa shape index (κ2) is 13.7. The summed E-state index contributed by atoms with van der Waals surface area (Å²) >= 11 is 0. The molecule has 3 aromatic rings. The molecule has 2 saturated heterocycles. The zero-order valence-electron chi connectivity index (χ0n) is 24.8. The SMILES string of the molecule is CCOC(=O)c1ccc(C(=O)CC(=N[C@H]2CCCCN(CC(=O)N3CCCC3)C2=O)Nc2ccc3oc(C)cc3c2)cc1. The molecule has 5 rings (SSSR count). The van der Waals surface area contributed by atoms with E-state index in [-0.39, 0.29) is 37.2 Å². The maximum atomic E-state index is 13.7. The Hall–Kier alpha value is -4.47. The van der Waals surface area contributed by atoms with Gasteiger partial charge in [-0.1, -0.05) is 12.1 Å². The molecule has 2 aromatic carbocycles. The van der Waals surface area contributed by atoms with E-state index in [1.165, 1.54) is 0 Å². The first-order valence-electron chi connectivity index (χ1n) is 15.0. The highest BCUT2D eigenvalue weighted by molar-refractivity contribution is 6.14. The zero-order valence-corrected chi connectivity index (χ0v) is 24.8. The van der Waals surface area contributed by atoms with Gasteiger partial charge in [-0.05, 0) is 82.3 Å². The van der Waals surface area contributed by atoms with Crippen LogP contribution < -0.4 is 5.32 Å². The van der Waals surface area contributed by atoms with Crippen molar-refractivity contribution in [2.45, 2.75) is 58.4 Å². The molecule has 2 aliphatic heterocycles. The summed E-state index contributed by atoms with van der Waals surface area (Å²) in [6.45, 7) is 5.91. The van der Waals surface area contributed by atoms with E-state index < -0.39 is 12.0 Å². The highest BCUT2D eigenvalue weighted by Gasteiger charge is 2.30. The van der Waals surface area contributed by atoms with E-state index in [0.717, 1.165) is 55.5 Å². The van der Waals surface area contributed by atoms with E-state index >= 15 is 0 Å². The van der Waals surface area contributed by atoms with Gasteiger partial charge in [0, 0.05) is 36.3 Å². The Morgan fingerprint density at radius 1 is 0.977 bits per heavy atom. The topological polar surface area (TPSA) is 122 Å². The van der Waals surface area contributed by atoms with Gasteiger partial charge in [-0.3, -0.25) is 19.4 Å². The van der Waals surface area contributed by atoms with Crippen LogP contribution in [-0.4, -0.2) is 78.0 Å². The average molecular weight is 587 g/mol. The first-order chi connectivity index (χ1) is 20.8. The molecular formula is C33H38N4O6. The molecule has 1 aromatic heterocycles. The van der Waals surface area contributed by atoms with Gasteiger partial charge in [0.2, 0.25) is 11.8 Å². The second-order valence-corrected chi connectivity index (χ2v) is 11.1. The molecule has 2 amide bonds. The van der Waals surface area contributed by atoms with E-state index in [0.29, 0.717) is 35.6 Å². The molecule has 1 N–H and O–H groups in total. The number of nitrogens with one attached hydrogen (secondary N) is 1. The number of benzene rings is 2. The number of nitrogens with zero attached hydrogens (tertiary/aromatic N) is 3. The van der Waals surface area contributed by atoms with Crippen molar-refractivity contribution in [3.8, 4) is 0 Å². The van der Waals surface area contributed by atoms with Gasteiger partial charge in [-0.15, -0.1) is 0 Å². The lowest BCUT2D eigenvalue weighted by Crippen LogP contribution is -2.45. The summed E-state index contributed by atoms with van der Waals surface area (Å²) < 4.78 is 10.7. The van der Waals surface area contributed by atoms with Gasteiger partial charge in [0.05, 0.1) is 25.1 Å². The maximum absolute atomic E-state index is 13.7. The predicted molar refractivity (Wildman–Crippen MR) is 163 cm³/mol. The van der Waals surface area contributed by atoms with Crippen molar-refractivity contribution in [3.05, 3.63) is 65.4 Å². The van der Waals surface area contributed by atoms with Crippen molar-refractivity contribution in [1.29, 1.82) is 0 Å². The number of hydrogen-bond acceptors (Lipinski definition) is 7. The lowest BCUT2D eigenvalue weighted by molar-refractivity contribution is -0.140.